The third kappa shape index (κ3) is 3.05. The minimum Gasteiger partial charge on any atom is -0.351 e. The molecule has 2 aromatic rings. The molecule has 0 aliphatic carbocycles. The van der Waals surface area contributed by atoms with Crippen LogP contribution in [0.4, 0.5) is 0 Å². The molecule has 100 valence electrons. The van der Waals surface area contributed by atoms with E-state index < -0.39 is 0 Å². The first-order chi connectivity index (χ1) is 9.11. The molecule has 1 heterocycles. The first kappa shape index (κ1) is 13.4. The SMILES string of the molecule is C/C=C/CCNC(=O)c1cc2c(C)cc(C)cc2[nH]1. The number of allylic oxidation sites excluding steroid dienone is 1. The van der Waals surface area contributed by atoms with Crippen molar-refractivity contribution in [1.29, 1.82) is 0 Å². The van der Waals surface area contributed by atoms with Crippen molar-refractivity contribution in [2.75, 3.05) is 6.54 Å². The maximum atomic E-state index is 12.0. The van der Waals surface area contributed by atoms with E-state index in [0.29, 0.717) is 12.2 Å². The van der Waals surface area contributed by atoms with Crippen molar-refractivity contribution in [3.05, 3.63) is 47.2 Å². The molecule has 0 aliphatic rings. The molecule has 0 atom stereocenters. The smallest absolute Gasteiger partial charge is 0.267 e. The molecular weight excluding hydrogens is 236 g/mol. The maximum absolute atomic E-state index is 12.0. The van der Waals surface area contributed by atoms with E-state index in [1.807, 2.05) is 25.1 Å². The lowest BCUT2D eigenvalue weighted by Gasteiger charge is -2.00. The van der Waals surface area contributed by atoms with Gasteiger partial charge >= 0.3 is 0 Å². The number of hydrogen-bond acceptors (Lipinski definition) is 1. The van der Waals surface area contributed by atoms with Gasteiger partial charge in [-0.25, -0.2) is 0 Å². The number of nitrogens with one attached hydrogen (secondary N) is 2. The van der Waals surface area contributed by atoms with Crippen LogP contribution in [-0.4, -0.2) is 17.4 Å². The predicted molar refractivity (Wildman–Crippen MR) is 79.5 cm³/mol. The van der Waals surface area contributed by atoms with Crippen LogP contribution in [0.3, 0.4) is 0 Å². The molecule has 1 amide bonds. The molecule has 0 saturated heterocycles. The molecule has 0 saturated carbocycles. The molecule has 0 fully saturated rings. The van der Waals surface area contributed by atoms with Crippen molar-refractivity contribution in [3.8, 4) is 0 Å². The summed E-state index contributed by atoms with van der Waals surface area (Å²) in [4.78, 5) is 15.2. The van der Waals surface area contributed by atoms with E-state index in [1.165, 1.54) is 11.1 Å². The molecule has 0 aliphatic heterocycles. The van der Waals surface area contributed by atoms with Gasteiger partial charge in [0.25, 0.3) is 5.91 Å². The van der Waals surface area contributed by atoms with Crippen molar-refractivity contribution in [2.45, 2.75) is 27.2 Å². The highest BCUT2D eigenvalue weighted by atomic mass is 16.1. The highest BCUT2D eigenvalue weighted by molar-refractivity contribution is 5.98. The second-order valence-corrected chi connectivity index (χ2v) is 4.84. The Morgan fingerprint density at radius 1 is 1.32 bits per heavy atom. The van der Waals surface area contributed by atoms with Gasteiger partial charge in [-0.1, -0.05) is 18.2 Å². The van der Waals surface area contributed by atoms with Crippen LogP contribution in [0.2, 0.25) is 0 Å². The van der Waals surface area contributed by atoms with Crippen LogP contribution in [-0.2, 0) is 0 Å². The Hall–Kier alpha value is -2.03. The predicted octanol–water partition coefficient (Wildman–Crippen LogP) is 3.48. The van der Waals surface area contributed by atoms with E-state index in [-0.39, 0.29) is 5.91 Å². The zero-order valence-corrected chi connectivity index (χ0v) is 11.7. The number of aryl methyl sites for hydroxylation is 2. The van der Waals surface area contributed by atoms with Gasteiger partial charge in [0.15, 0.2) is 0 Å². The lowest BCUT2D eigenvalue weighted by molar-refractivity contribution is 0.0950. The quantitative estimate of drug-likeness (QED) is 0.638. The summed E-state index contributed by atoms with van der Waals surface area (Å²) in [5.41, 5.74) is 4.05. The van der Waals surface area contributed by atoms with Gasteiger partial charge in [-0.05, 0) is 50.5 Å². The van der Waals surface area contributed by atoms with E-state index in [0.717, 1.165) is 17.3 Å². The molecular formula is C16H20N2O. The summed E-state index contributed by atoms with van der Waals surface area (Å²) >= 11 is 0. The number of aromatic amines is 1. The largest absolute Gasteiger partial charge is 0.351 e. The topological polar surface area (TPSA) is 44.9 Å². The first-order valence-corrected chi connectivity index (χ1v) is 6.61. The first-order valence-electron chi connectivity index (χ1n) is 6.61. The van der Waals surface area contributed by atoms with E-state index in [4.69, 9.17) is 0 Å². The van der Waals surface area contributed by atoms with Crippen molar-refractivity contribution in [3.63, 3.8) is 0 Å². The van der Waals surface area contributed by atoms with Gasteiger partial charge in [0.05, 0.1) is 0 Å². The average molecular weight is 256 g/mol. The number of amides is 1. The highest BCUT2D eigenvalue weighted by Crippen LogP contribution is 2.21. The molecule has 19 heavy (non-hydrogen) atoms. The van der Waals surface area contributed by atoms with Crippen LogP contribution in [0.25, 0.3) is 10.9 Å². The van der Waals surface area contributed by atoms with Crippen LogP contribution >= 0.6 is 0 Å². The number of H-pyrrole nitrogens is 1. The fourth-order valence-corrected chi connectivity index (χ4v) is 2.25. The fraction of sp³-hybridized carbons (Fsp3) is 0.312. The van der Waals surface area contributed by atoms with Gasteiger partial charge in [0.1, 0.15) is 5.69 Å². The average Bonchev–Trinajstić information content (AvgIpc) is 2.78. The summed E-state index contributed by atoms with van der Waals surface area (Å²) in [5.74, 6) is -0.0437. The molecule has 2 N–H and O–H groups in total. The zero-order valence-electron chi connectivity index (χ0n) is 11.7. The van der Waals surface area contributed by atoms with Gasteiger partial charge in [0.2, 0.25) is 0 Å². The maximum Gasteiger partial charge on any atom is 0.267 e. The Balaban J connectivity index is 2.17. The monoisotopic (exact) mass is 256 g/mol. The minimum atomic E-state index is -0.0437. The summed E-state index contributed by atoms with van der Waals surface area (Å²) in [7, 11) is 0. The lowest BCUT2D eigenvalue weighted by atomic mass is 10.1. The number of carbonyl (C=O) groups is 1. The molecule has 1 aromatic carbocycles. The van der Waals surface area contributed by atoms with E-state index in [2.05, 4.69) is 36.3 Å². The molecule has 3 nitrogen and oxygen atoms in total. The second-order valence-electron chi connectivity index (χ2n) is 4.84. The highest BCUT2D eigenvalue weighted by Gasteiger charge is 2.10. The molecule has 0 spiro atoms. The Bertz CT molecular complexity index is 623. The van der Waals surface area contributed by atoms with E-state index >= 15 is 0 Å². The Labute approximate surface area is 113 Å². The number of hydrogen-bond donors (Lipinski definition) is 2. The van der Waals surface area contributed by atoms with Crippen LogP contribution in [0.1, 0.15) is 35.0 Å². The Morgan fingerprint density at radius 3 is 2.84 bits per heavy atom. The van der Waals surface area contributed by atoms with Crippen molar-refractivity contribution >= 4 is 16.8 Å². The van der Waals surface area contributed by atoms with Crippen molar-refractivity contribution in [1.82, 2.24) is 10.3 Å². The standard InChI is InChI=1S/C16H20N2O/c1-4-5-6-7-17-16(19)15-10-13-12(3)8-11(2)9-14(13)18-15/h4-5,8-10,18H,6-7H2,1-3H3,(H,17,19)/b5-4+. The zero-order chi connectivity index (χ0) is 13.8. The fourth-order valence-electron chi connectivity index (χ4n) is 2.25. The van der Waals surface area contributed by atoms with Crippen LogP contribution in [0.15, 0.2) is 30.4 Å². The molecule has 0 bridgehead atoms. The third-order valence-electron chi connectivity index (χ3n) is 3.17. The van der Waals surface area contributed by atoms with Gasteiger partial charge in [-0.2, -0.15) is 0 Å². The molecule has 1 aromatic heterocycles. The van der Waals surface area contributed by atoms with Crippen LogP contribution < -0.4 is 5.32 Å². The van der Waals surface area contributed by atoms with Crippen LogP contribution in [0.5, 0.6) is 0 Å². The summed E-state index contributed by atoms with van der Waals surface area (Å²) < 4.78 is 0. The Morgan fingerprint density at radius 2 is 2.11 bits per heavy atom. The van der Waals surface area contributed by atoms with E-state index in [9.17, 15) is 4.79 Å². The second kappa shape index (κ2) is 5.74. The van der Waals surface area contributed by atoms with Gasteiger partial charge < -0.3 is 10.3 Å². The lowest BCUT2D eigenvalue weighted by Crippen LogP contribution is -2.24. The molecule has 2 rings (SSSR count). The number of fused-ring (bicyclic) bond motifs is 1. The number of carbonyl (C=O) groups excluding carboxylic acids is 1. The summed E-state index contributed by atoms with van der Waals surface area (Å²) in [6.45, 7) is 6.77. The van der Waals surface area contributed by atoms with Gasteiger partial charge in [0, 0.05) is 17.4 Å². The molecule has 3 heteroatoms. The van der Waals surface area contributed by atoms with Gasteiger partial charge in [-0.3, -0.25) is 4.79 Å². The van der Waals surface area contributed by atoms with Gasteiger partial charge in [-0.15, -0.1) is 0 Å². The summed E-state index contributed by atoms with van der Waals surface area (Å²) in [6.07, 6.45) is 4.89. The van der Waals surface area contributed by atoms with Crippen LogP contribution in [0, 0.1) is 13.8 Å². The van der Waals surface area contributed by atoms with Crippen molar-refractivity contribution in [2.24, 2.45) is 0 Å². The molecule has 0 unspecified atom stereocenters. The Kier molecular flexibility index (Phi) is 4.05. The summed E-state index contributed by atoms with van der Waals surface area (Å²) in [6, 6.07) is 6.12. The number of benzene rings is 1. The van der Waals surface area contributed by atoms with E-state index in [1.54, 1.807) is 0 Å². The third-order valence-corrected chi connectivity index (χ3v) is 3.17. The minimum absolute atomic E-state index is 0.0437. The number of rotatable bonds is 4. The van der Waals surface area contributed by atoms with Crippen molar-refractivity contribution < 1.29 is 4.79 Å². The molecule has 0 radical (unpaired) electrons. The number of aromatic nitrogens is 1. The summed E-state index contributed by atoms with van der Waals surface area (Å²) in [5, 5.41) is 4.02. The normalized spacial score (nSPS) is 11.3.